The van der Waals surface area contributed by atoms with Gasteiger partial charge in [0.15, 0.2) is 11.4 Å². The van der Waals surface area contributed by atoms with E-state index in [1.54, 1.807) is 13.8 Å². The smallest absolute Gasteiger partial charge is 0.277 e. The fourth-order valence-electron chi connectivity index (χ4n) is 4.59. The molecule has 0 saturated heterocycles. The maximum atomic E-state index is 11.3. The van der Waals surface area contributed by atoms with Crippen molar-refractivity contribution in [3.63, 3.8) is 0 Å². The van der Waals surface area contributed by atoms with Gasteiger partial charge in [0.1, 0.15) is 12.1 Å². The largest absolute Gasteiger partial charge is 0.371 e. The lowest BCUT2D eigenvalue weighted by Crippen LogP contribution is -2.49. The van der Waals surface area contributed by atoms with E-state index >= 15 is 0 Å². The molecule has 0 amide bonds. The molecule has 1 aromatic rings. The summed E-state index contributed by atoms with van der Waals surface area (Å²) in [4.78, 5) is 6.77. The van der Waals surface area contributed by atoms with Gasteiger partial charge < -0.3 is 20.1 Å². The first-order chi connectivity index (χ1) is 14.5. The summed E-state index contributed by atoms with van der Waals surface area (Å²) in [5.41, 5.74) is 5.60. The zero-order chi connectivity index (χ0) is 21.3. The molecule has 154 valence electrons. The van der Waals surface area contributed by atoms with Crippen LogP contribution in [0.3, 0.4) is 0 Å². The molecule has 0 radical (unpaired) electrons. The Hall–Kier alpha value is -3.13. The Bertz CT molecular complexity index is 1030. The first-order valence-corrected chi connectivity index (χ1v) is 10.4. The zero-order valence-corrected chi connectivity index (χ0v) is 17.3. The second kappa shape index (κ2) is 7.95. The first-order valence-electron chi connectivity index (χ1n) is 10.4. The molecule has 3 aliphatic heterocycles. The van der Waals surface area contributed by atoms with Crippen LogP contribution in [0.15, 0.2) is 34.1 Å². The number of anilines is 1. The quantitative estimate of drug-likeness (QED) is 0.752. The number of aryl methyl sites for hydroxylation is 2. The highest BCUT2D eigenvalue weighted by Gasteiger charge is 2.38. The number of rotatable bonds is 3. The molecule has 1 aromatic carbocycles. The van der Waals surface area contributed by atoms with Gasteiger partial charge in [-0.25, -0.2) is 4.99 Å². The topological polar surface area (TPSA) is 105 Å². The van der Waals surface area contributed by atoms with Gasteiger partial charge in [0.2, 0.25) is 0 Å². The fourth-order valence-corrected chi connectivity index (χ4v) is 4.59. The monoisotopic (exact) mass is 403 g/mol. The number of nitriles is 2. The Morgan fingerprint density at radius 2 is 1.90 bits per heavy atom. The minimum Gasteiger partial charge on any atom is -0.371 e. The van der Waals surface area contributed by atoms with E-state index in [-0.39, 0.29) is 18.0 Å². The molecule has 0 spiro atoms. The summed E-state index contributed by atoms with van der Waals surface area (Å²) < 4.78 is 5.62. The Labute approximate surface area is 176 Å². The lowest BCUT2D eigenvalue weighted by Gasteiger charge is -2.37. The third kappa shape index (κ3) is 3.47. The first kappa shape index (κ1) is 20.2. The summed E-state index contributed by atoms with van der Waals surface area (Å²) in [6.45, 7) is 5.89. The summed E-state index contributed by atoms with van der Waals surface area (Å²) in [6, 6.07) is 8.15. The third-order valence-electron chi connectivity index (χ3n) is 5.80. The van der Waals surface area contributed by atoms with Crippen LogP contribution in [0.5, 0.6) is 0 Å². The number of nitrogens with one attached hydrogen (secondary N) is 1. The van der Waals surface area contributed by atoms with Crippen molar-refractivity contribution < 1.29 is 9.84 Å². The number of nitrogens with zero attached hydrogens (tertiary/aromatic N) is 4. The molecule has 0 bridgehead atoms. The van der Waals surface area contributed by atoms with Crippen LogP contribution in [0, 0.1) is 22.7 Å². The molecular weight excluding hydrogens is 378 g/mol. The molecule has 1 atom stereocenters. The van der Waals surface area contributed by atoms with Crippen molar-refractivity contribution in [1.82, 2.24) is 5.32 Å². The van der Waals surface area contributed by atoms with Crippen LogP contribution in [0.25, 0.3) is 6.08 Å². The third-order valence-corrected chi connectivity index (χ3v) is 5.80. The number of benzene rings is 1. The fraction of sp³-hybridized carbons (Fsp3) is 0.435. The van der Waals surface area contributed by atoms with E-state index < -0.39 is 5.91 Å². The normalized spacial score (nSPS) is 24.4. The average molecular weight is 403 g/mol. The maximum Gasteiger partial charge on any atom is 0.277 e. The molecule has 4 rings (SSSR count). The van der Waals surface area contributed by atoms with Crippen LogP contribution >= 0.6 is 0 Å². The molecule has 0 saturated carbocycles. The van der Waals surface area contributed by atoms with Crippen molar-refractivity contribution in [2.45, 2.75) is 45.4 Å². The van der Waals surface area contributed by atoms with Gasteiger partial charge in [0, 0.05) is 31.1 Å². The van der Waals surface area contributed by atoms with Crippen LogP contribution < -0.4 is 10.2 Å². The molecule has 7 nitrogen and oxygen atoms in total. The number of hydrogen-bond acceptors (Lipinski definition) is 7. The van der Waals surface area contributed by atoms with Gasteiger partial charge in [0.25, 0.3) is 5.91 Å². The van der Waals surface area contributed by atoms with Crippen molar-refractivity contribution in [2.75, 3.05) is 24.6 Å². The standard InChI is InChI=1S/C23H25N5O2/c1-3-30-23(29)19(15(2)26-20(13-24)21(14-25)27-23)12-16-10-17-6-4-8-28-9-5-7-18(11-16)22(17)28/h10-12,27,29H,3-9H2,1-2H3/b19-12-. The maximum absolute atomic E-state index is 11.3. The number of aliphatic hydroxyl groups is 1. The second-order valence-electron chi connectivity index (χ2n) is 7.79. The highest BCUT2D eigenvalue weighted by atomic mass is 16.6. The van der Waals surface area contributed by atoms with Gasteiger partial charge in [-0.1, -0.05) is 0 Å². The van der Waals surface area contributed by atoms with E-state index in [2.05, 4.69) is 27.3 Å². The SMILES string of the molecule is CCOC1(O)NC(C#N)=C(C#N)N=C(C)/C1=C/c1cc2c3c(c1)CCCN3CCC2. The molecule has 7 heteroatoms. The Morgan fingerprint density at radius 3 is 2.47 bits per heavy atom. The molecule has 0 aliphatic carbocycles. The van der Waals surface area contributed by atoms with Gasteiger partial charge in [-0.3, -0.25) is 0 Å². The molecule has 0 fully saturated rings. The van der Waals surface area contributed by atoms with E-state index in [0.29, 0.717) is 11.3 Å². The molecule has 30 heavy (non-hydrogen) atoms. The van der Waals surface area contributed by atoms with Gasteiger partial charge in [-0.2, -0.15) is 10.5 Å². The number of aliphatic imine (C=N–C) groups is 1. The predicted molar refractivity (Wildman–Crippen MR) is 114 cm³/mol. The van der Waals surface area contributed by atoms with Gasteiger partial charge in [-0.15, -0.1) is 0 Å². The Balaban J connectivity index is 1.84. The Morgan fingerprint density at radius 1 is 1.23 bits per heavy atom. The van der Waals surface area contributed by atoms with Crippen LogP contribution in [-0.2, 0) is 17.6 Å². The lowest BCUT2D eigenvalue weighted by molar-refractivity contribution is -0.182. The highest BCUT2D eigenvalue weighted by molar-refractivity contribution is 6.04. The van der Waals surface area contributed by atoms with E-state index in [1.807, 2.05) is 18.2 Å². The van der Waals surface area contributed by atoms with Crippen molar-refractivity contribution in [3.8, 4) is 12.1 Å². The second-order valence-corrected chi connectivity index (χ2v) is 7.79. The van der Waals surface area contributed by atoms with E-state index in [0.717, 1.165) is 44.3 Å². The van der Waals surface area contributed by atoms with E-state index in [9.17, 15) is 15.6 Å². The molecule has 2 N–H and O–H groups in total. The zero-order valence-electron chi connectivity index (χ0n) is 17.3. The van der Waals surface area contributed by atoms with Crippen molar-refractivity contribution >= 4 is 17.5 Å². The van der Waals surface area contributed by atoms with Crippen LogP contribution in [0.1, 0.15) is 43.4 Å². The lowest BCUT2D eigenvalue weighted by atomic mass is 9.89. The molecular formula is C23H25N5O2. The number of ether oxygens (including phenoxy) is 1. The summed E-state index contributed by atoms with van der Waals surface area (Å²) >= 11 is 0. The average Bonchev–Trinajstić information content (AvgIpc) is 2.84. The summed E-state index contributed by atoms with van der Waals surface area (Å²) in [6.07, 6.45) is 6.20. The summed E-state index contributed by atoms with van der Waals surface area (Å²) in [7, 11) is 0. The van der Waals surface area contributed by atoms with Crippen LogP contribution in [0.4, 0.5) is 5.69 Å². The predicted octanol–water partition coefficient (Wildman–Crippen LogP) is 2.77. The van der Waals surface area contributed by atoms with Crippen LogP contribution in [-0.4, -0.2) is 36.4 Å². The molecule has 3 aliphatic rings. The summed E-state index contributed by atoms with van der Waals surface area (Å²) in [5.74, 6) is -1.95. The molecule has 3 heterocycles. The van der Waals surface area contributed by atoms with Crippen molar-refractivity contribution in [3.05, 3.63) is 45.8 Å². The Kier molecular flexibility index (Phi) is 5.34. The van der Waals surface area contributed by atoms with Gasteiger partial charge in [-0.05, 0) is 74.4 Å². The summed E-state index contributed by atoms with van der Waals surface area (Å²) in [5, 5.41) is 32.8. The minimum atomic E-state index is -1.95. The van der Waals surface area contributed by atoms with Gasteiger partial charge in [0.05, 0.1) is 5.57 Å². The van der Waals surface area contributed by atoms with Crippen molar-refractivity contribution in [2.24, 2.45) is 4.99 Å². The molecule has 0 aromatic heterocycles. The minimum absolute atomic E-state index is 0.0762. The van der Waals surface area contributed by atoms with Crippen LogP contribution in [0.2, 0.25) is 0 Å². The number of hydrogen-bond donors (Lipinski definition) is 2. The van der Waals surface area contributed by atoms with Gasteiger partial charge >= 0.3 is 0 Å². The molecule has 1 unspecified atom stereocenters. The van der Waals surface area contributed by atoms with E-state index in [1.165, 1.54) is 16.8 Å². The number of allylic oxidation sites excluding steroid dienone is 2. The highest BCUT2D eigenvalue weighted by Crippen LogP contribution is 2.37. The van der Waals surface area contributed by atoms with E-state index in [4.69, 9.17) is 4.74 Å². The van der Waals surface area contributed by atoms with Crippen molar-refractivity contribution in [1.29, 1.82) is 10.5 Å².